The molecule has 0 aliphatic heterocycles. The van der Waals surface area contributed by atoms with Crippen LogP contribution in [0.5, 0.6) is 0 Å². The van der Waals surface area contributed by atoms with E-state index in [1.807, 2.05) is 26.2 Å². The van der Waals surface area contributed by atoms with Gasteiger partial charge in [-0.15, -0.1) is 0 Å². The number of aryl methyl sites for hydroxylation is 2. The minimum absolute atomic E-state index is 0.245. The third-order valence-electron chi connectivity index (χ3n) is 2.46. The maximum absolute atomic E-state index is 11.9. The predicted molar refractivity (Wildman–Crippen MR) is 67.3 cm³/mol. The molecule has 6 nitrogen and oxygen atoms in total. The second-order valence-corrected chi connectivity index (χ2v) is 4.25. The summed E-state index contributed by atoms with van der Waals surface area (Å²) in [4.78, 5) is 11.9. The fourth-order valence-electron chi connectivity index (χ4n) is 1.52. The van der Waals surface area contributed by atoms with Crippen molar-refractivity contribution in [2.45, 2.75) is 20.0 Å². The normalized spacial score (nSPS) is 10.6. The molecule has 0 radical (unpaired) electrons. The molecule has 2 aromatic heterocycles. The lowest BCUT2D eigenvalue weighted by Gasteiger charge is -2.00. The molecule has 2 rings (SSSR count). The zero-order valence-electron chi connectivity index (χ0n) is 10.2. The molecular formula is C11H14ClN5O. The largest absolute Gasteiger partial charge is 0.345 e. The van der Waals surface area contributed by atoms with Gasteiger partial charge in [-0.2, -0.15) is 10.2 Å². The summed E-state index contributed by atoms with van der Waals surface area (Å²) in [6, 6.07) is 1.84. The number of nitrogens with one attached hydrogen (secondary N) is 1. The van der Waals surface area contributed by atoms with Gasteiger partial charge >= 0.3 is 0 Å². The van der Waals surface area contributed by atoms with Gasteiger partial charge in [-0.1, -0.05) is 11.6 Å². The summed E-state index contributed by atoms with van der Waals surface area (Å²) in [7, 11) is 1.82. The molecular weight excluding hydrogens is 254 g/mol. The summed E-state index contributed by atoms with van der Waals surface area (Å²) >= 11 is 5.94. The molecule has 0 spiro atoms. The molecule has 1 amide bonds. The Kier molecular flexibility index (Phi) is 3.66. The van der Waals surface area contributed by atoms with E-state index in [-0.39, 0.29) is 11.6 Å². The summed E-state index contributed by atoms with van der Waals surface area (Å²) in [6.07, 6.45) is 3.46. The lowest BCUT2D eigenvalue weighted by Crippen LogP contribution is -2.24. The van der Waals surface area contributed by atoms with Gasteiger partial charge in [-0.25, -0.2) is 0 Å². The average molecular weight is 268 g/mol. The van der Waals surface area contributed by atoms with E-state index in [0.717, 1.165) is 5.69 Å². The summed E-state index contributed by atoms with van der Waals surface area (Å²) < 4.78 is 3.30. The van der Waals surface area contributed by atoms with E-state index < -0.39 is 0 Å². The Hall–Kier alpha value is -1.82. The van der Waals surface area contributed by atoms with Gasteiger partial charge in [0.25, 0.3) is 5.91 Å². The Morgan fingerprint density at radius 1 is 1.50 bits per heavy atom. The highest BCUT2D eigenvalue weighted by Gasteiger charge is 2.15. The number of carbonyl (C=O) groups excluding carboxylic acids is 1. The van der Waals surface area contributed by atoms with Crippen LogP contribution < -0.4 is 5.32 Å². The molecule has 7 heteroatoms. The summed E-state index contributed by atoms with van der Waals surface area (Å²) in [5.41, 5.74) is 1.03. The van der Waals surface area contributed by atoms with Crippen LogP contribution in [0.25, 0.3) is 0 Å². The van der Waals surface area contributed by atoms with E-state index >= 15 is 0 Å². The molecule has 0 saturated carbocycles. The van der Waals surface area contributed by atoms with Gasteiger partial charge in [0.05, 0.1) is 17.3 Å². The highest BCUT2D eigenvalue weighted by molar-refractivity contribution is 6.33. The smallest absolute Gasteiger partial charge is 0.273 e. The van der Waals surface area contributed by atoms with Crippen molar-refractivity contribution in [3.8, 4) is 0 Å². The van der Waals surface area contributed by atoms with Crippen LogP contribution in [0.3, 0.4) is 0 Å². The van der Waals surface area contributed by atoms with Crippen molar-refractivity contribution in [3.63, 3.8) is 0 Å². The Balaban J connectivity index is 2.01. The Morgan fingerprint density at radius 2 is 2.28 bits per heavy atom. The number of amides is 1. The van der Waals surface area contributed by atoms with Crippen molar-refractivity contribution in [3.05, 3.63) is 34.9 Å². The highest BCUT2D eigenvalue weighted by atomic mass is 35.5. The number of nitrogens with zero attached hydrogens (tertiary/aromatic N) is 4. The molecule has 0 unspecified atom stereocenters. The van der Waals surface area contributed by atoms with Crippen LogP contribution in [0.1, 0.15) is 23.1 Å². The zero-order valence-corrected chi connectivity index (χ0v) is 11.0. The first-order chi connectivity index (χ1) is 8.60. The van der Waals surface area contributed by atoms with Gasteiger partial charge in [0.1, 0.15) is 0 Å². The number of hydrogen-bond donors (Lipinski definition) is 1. The van der Waals surface area contributed by atoms with Crippen LogP contribution in [0.15, 0.2) is 18.5 Å². The maximum Gasteiger partial charge on any atom is 0.273 e. The molecule has 0 bridgehead atoms. The topological polar surface area (TPSA) is 64.7 Å². The van der Waals surface area contributed by atoms with E-state index in [1.165, 1.54) is 0 Å². The van der Waals surface area contributed by atoms with Gasteiger partial charge in [0.2, 0.25) is 0 Å². The van der Waals surface area contributed by atoms with Gasteiger partial charge < -0.3 is 5.32 Å². The monoisotopic (exact) mass is 267 g/mol. The molecule has 2 heterocycles. The van der Waals surface area contributed by atoms with E-state index in [1.54, 1.807) is 15.6 Å². The number of carbonyl (C=O) groups is 1. The molecule has 2 aromatic rings. The minimum atomic E-state index is -0.294. The highest BCUT2D eigenvalue weighted by Crippen LogP contribution is 2.13. The molecule has 0 aromatic carbocycles. The van der Waals surface area contributed by atoms with Gasteiger partial charge in [0.15, 0.2) is 5.69 Å². The summed E-state index contributed by atoms with van der Waals surface area (Å²) in [5.74, 6) is -0.294. The standard InChI is InChI=1S/C11H14ClN5O/c1-3-17-7-9(12)10(15-17)11(18)13-6-8-4-5-16(2)14-8/h4-5,7H,3,6H2,1-2H3,(H,13,18). The number of rotatable bonds is 4. The van der Waals surface area contributed by atoms with E-state index in [9.17, 15) is 4.79 Å². The summed E-state index contributed by atoms with van der Waals surface area (Å²) in [6.45, 7) is 2.96. The van der Waals surface area contributed by atoms with Crippen LogP contribution in [0.4, 0.5) is 0 Å². The zero-order chi connectivity index (χ0) is 13.1. The average Bonchev–Trinajstić information content (AvgIpc) is 2.92. The fourth-order valence-corrected chi connectivity index (χ4v) is 1.76. The third-order valence-corrected chi connectivity index (χ3v) is 2.73. The van der Waals surface area contributed by atoms with Gasteiger partial charge in [-0.3, -0.25) is 14.2 Å². The fraction of sp³-hybridized carbons (Fsp3) is 0.364. The molecule has 0 aliphatic carbocycles. The third kappa shape index (κ3) is 2.70. The number of hydrogen-bond acceptors (Lipinski definition) is 3. The molecule has 18 heavy (non-hydrogen) atoms. The first-order valence-corrected chi connectivity index (χ1v) is 5.97. The van der Waals surface area contributed by atoms with Crippen molar-refractivity contribution in [2.75, 3.05) is 0 Å². The number of halogens is 1. The second kappa shape index (κ2) is 5.22. The minimum Gasteiger partial charge on any atom is -0.345 e. The molecule has 0 fully saturated rings. The van der Waals surface area contributed by atoms with Crippen LogP contribution in [-0.2, 0) is 20.1 Å². The second-order valence-electron chi connectivity index (χ2n) is 3.84. The quantitative estimate of drug-likeness (QED) is 0.906. The van der Waals surface area contributed by atoms with E-state index in [0.29, 0.717) is 18.1 Å². The van der Waals surface area contributed by atoms with Gasteiger partial charge in [-0.05, 0) is 13.0 Å². The number of aromatic nitrogens is 4. The molecule has 1 N–H and O–H groups in total. The lowest BCUT2D eigenvalue weighted by molar-refractivity contribution is 0.0944. The van der Waals surface area contributed by atoms with Crippen molar-refractivity contribution >= 4 is 17.5 Å². The van der Waals surface area contributed by atoms with Crippen LogP contribution in [0.2, 0.25) is 5.02 Å². The van der Waals surface area contributed by atoms with Crippen LogP contribution >= 0.6 is 11.6 Å². The van der Waals surface area contributed by atoms with Crippen molar-refractivity contribution in [1.29, 1.82) is 0 Å². The molecule has 0 saturated heterocycles. The van der Waals surface area contributed by atoms with Gasteiger partial charge in [0, 0.05) is 26.0 Å². The molecule has 0 aliphatic rings. The van der Waals surface area contributed by atoms with Crippen molar-refractivity contribution in [2.24, 2.45) is 7.05 Å². The summed E-state index contributed by atoms with van der Waals surface area (Å²) in [5, 5.41) is 11.3. The van der Waals surface area contributed by atoms with Crippen LogP contribution in [-0.4, -0.2) is 25.5 Å². The molecule has 96 valence electrons. The Labute approximate surface area is 110 Å². The van der Waals surface area contributed by atoms with Crippen molar-refractivity contribution in [1.82, 2.24) is 24.9 Å². The van der Waals surface area contributed by atoms with E-state index in [2.05, 4.69) is 15.5 Å². The van der Waals surface area contributed by atoms with E-state index in [4.69, 9.17) is 11.6 Å². The first kappa shape index (κ1) is 12.6. The maximum atomic E-state index is 11.9. The lowest BCUT2D eigenvalue weighted by atomic mass is 10.4. The van der Waals surface area contributed by atoms with Crippen LogP contribution in [0, 0.1) is 0 Å². The SMILES string of the molecule is CCn1cc(Cl)c(C(=O)NCc2ccn(C)n2)n1. The Morgan fingerprint density at radius 3 is 2.83 bits per heavy atom. The first-order valence-electron chi connectivity index (χ1n) is 5.60. The Bertz CT molecular complexity index is 560. The van der Waals surface area contributed by atoms with Crippen molar-refractivity contribution < 1.29 is 4.79 Å². The predicted octanol–water partition coefficient (Wildman–Crippen LogP) is 1.22. The molecule has 0 atom stereocenters.